The van der Waals surface area contributed by atoms with Crippen LogP contribution in [-0.4, -0.2) is 30.3 Å². The van der Waals surface area contributed by atoms with Gasteiger partial charge in [0, 0.05) is 25.1 Å². The largest absolute Gasteiger partial charge is 0.381 e. The number of anilines is 1. The van der Waals surface area contributed by atoms with Gasteiger partial charge in [-0.25, -0.2) is 4.98 Å². The summed E-state index contributed by atoms with van der Waals surface area (Å²) in [5, 5.41) is 6.49. The van der Waals surface area contributed by atoms with Crippen LogP contribution in [0.4, 0.5) is 5.13 Å². The lowest BCUT2D eigenvalue weighted by Crippen LogP contribution is -2.49. The number of hydrogen-bond donors (Lipinski definition) is 2. The van der Waals surface area contributed by atoms with Crippen molar-refractivity contribution in [2.45, 2.75) is 25.3 Å². The van der Waals surface area contributed by atoms with Gasteiger partial charge in [0.15, 0.2) is 5.13 Å². The van der Waals surface area contributed by atoms with Crippen LogP contribution in [0.5, 0.6) is 0 Å². The minimum Gasteiger partial charge on any atom is -0.381 e. The number of nitrogens with one attached hydrogen (secondary N) is 1. The van der Waals surface area contributed by atoms with E-state index in [0.717, 1.165) is 36.9 Å². The first kappa shape index (κ1) is 10.9. The fraction of sp³-hybridized carbons (Fsp3) is 0.700. The first-order valence-electron chi connectivity index (χ1n) is 5.22. The summed E-state index contributed by atoms with van der Waals surface area (Å²) >= 11 is 1.64. The van der Waals surface area contributed by atoms with Crippen molar-refractivity contribution >= 4 is 16.5 Å². The molecule has 1 aromatic heterocycles. The highest BCUT2D eigenvalue weighted by Gasteiger charge is 2.31. The molecular formula is C10H17N3OS. The normalized spacial score (nSPS) is 20.1. The van der Waals surface area contributed by atoms with E-state index in [4.69, 9.17) is 10.5 Å². The summed E-state index contributed by atoms with van der Waals surface area (Å²) in [6.07, 6.45) is 1.92. The second-order valence-corrected chi connectivity index (χ2v) is 4.87. The monoisotopic (exact) mass is 227 g/mol. The predicted octanol–water partition coefficient (Wildman–Crippen LogP) is 1.37. The molecule has 0 aliphatic carbocycles. The molecule has 0 radical (unpaired) electrons. The van der Waals surface area contributed by atoms with E-state index in [1.807, 2.05) is 12.3 Å². The van der Waals surface area contributed by atoms with E-state index in [1.54, 1.807) is 11.3 Å². The van der Waals surface area contributed by atoms with Crippen molar-refractivity contribution in [2.24, 2.45) is 5.73 Å². The number of rotatable bonds is 3. The van der Waals surface area contributed by atoms with E-state index in [0.29, 0.717) is 6.54 Å². The van der Waals surface area contributed by atoms with Gasteiger partial charge in [0.25, 0.3) is 0 Å². The molecule has 84 valence electrons. The molecule has 5 heteroatoms. The van der Waals surface area contributed by atoms with Crippen molar-refractivity contribution in [3.8, 4) is 0 Å². The van der Waals surface area contributed by atoms with Crippen molar-refractivity contribution in [1.29, 1.82) is 0 Å². The summed E-state index contributed by atoms with van der Waals surface area (Å²) in [6.45, 7) is 4.21. The second-order valence-electron chi connectivity index (χ2n) is 4.02. The minimum absolute atomic E-state index is 0.0114. The van der Waals surface area contributed by atoms with Gasteiger partial charge < -0.3 is 15.8 Å². The fourth-order valence-electron chi connectivity index (χ4n) is 1.78. The zero-order valence-electron chi connectivity index (χ0n) is 8.95. The third-order valence-electron chi connectivity index (χ3n) is 2.83. The number of aromatic nitrogens is 1. The van der Waals surface area contributed by atoms with Crippen LogP contribution in [0.2, 0.25) is 0 Å². The van der Waals surface area contributed by atoms with Gasteiger partial charge in [-0.2, -0.15) is 0 Å². The van der Waals surface area contributed by atoms with Crippen molar-refractivity contribution in [2.75, 3.05) is 25.1 Å². The van der Waals surface area contributed by atoms with Crippen molar-refractivity contribution in [3.63, 3.8) is 0 Å². The van der Waals surface area contributed by atoms with Gasteiger partial charge in [-0.05, 0) is 19.8 Å². The molecule has 0 bridgehead atoms. The van der Waals surface area contributed by atoms with Crippen LogP contribution in [0.15, 0.2) is 5.38 Å². The van der Waals surface area contributed by atoms with Crippen LogP contribution < -0.4 is 11.1 Å². The molecule has 0 unspecified atom stereocenters. The van der Waals surface area contributed by atoms with Gasteiger partial charge in [0.05, 0.1) is 11.2 Å². The Bertz CT molecular complexity index is 320. The molecule has 0 saturated carbocycles. The van der Waals surface area contributed by atoms with E-state index < -0.39 is 0 Å². The number of hydrogen-bond acceptors (Lipinski definition) is 5. The van der Waals surface area contributed by atoms with Gasteiger partial charge in [0.1, 0.15) is 0 Å². The summed E-state index contributed by atoms with van der Waals surface area (Å²) in [5.74, 6) is 0. The molecule has 0 spiro atoms. The van der Waals surface area contributed by atoms with E-state index >= 15 is 0 Å². The zero-order valence-corrected chi connectivity index (χ0v) is 9.77. The Morgan fingerprint density at radius 2 is 2.33 bits per heavy atom. The topological polar surface area (TPSA) is 60.2 Å². The van der Waals surface area contributed by atoms with Crippen LogP contribution >= 0.6 is 11.3 Å². The minimum atomic E-state index is -0.0114. The van der Waals surface area contributed by atoms with Crippen LogP contribution in [0, 0.1) is 6.92 Å². The number of ether oxygens (including phenoxy) is 1. The zero-order chi connectivity index (χ0) is 10.7. The van der Waals surface area contributed by atoms with E-state index in [2.05, 4.69) is 10.3 Å². The molecule has 15 heavy (non-hydrogen) atoms. The molecule has 3 N–H and O–H groups in total. The van der Waals surface area contributed by atoms with Crippen LogP contribution in [0.3, 0.4) is 0 Å². The Labute approximate surface area is 93.8 Å². The fourth-order valence-corrected chi connectivity index (χ4v) is 2.59. The molecule has 0 atom stereocenters. The molecule has 2 rings (SSSR count). The Kier molecular flexibility index (Phi) is 3.23. The van der Waals surface area contributed by atoms with Crippen LogP contribution in [0.25, 0.3) is 0 Å². The summed E-state index contributed by atoms with van der Waals surface area (Å²) in [6, 6.07) is 0. The Balaban J connectivity index is 2.06. The molecule has 1 fully saturated rings. The molecule has 0 aromatic carbocycles. The van der Waals surface area contributed by atoms with Gasteiger partial charge in [-0.1, -0.05) is 0 Å². The lowest BCUT2D eigenvalue weighted by Gasteiger charge is -2.36. The molecule has 1 aliphatic heterocycles. The third-order valence-corrected chi connectivity index (χ3v) is 3.71. The smallest absolute Gasteiger partial charge is 0.183 e. The first-order valence-corrected chi connectivity index (χ1v) is 6.10. The quantitative estimate of drug-likeness (QED) is 0.819. The predicted molar refractivity (Wildman–Crippen MR) is 62.3 cm³/mol. The third kappa shape index (κ3) is 2.48. The van der Waals surface area contributed by atoms with Crippen LogP contribution in [0.1, 0.15) is 18.5 Å². The summed E-state index contributed by atoms with van der Waals surface area (Å²) in [4.78, 5) is 4.41. The highest BCUT2D eigenvalue weighted by molar-refractivity contribution is 7.13. The number of nitrogens with two attached hydrogens (primary N) is 1. The maximum atomic E-state index is 5.85. The maximum absolute atomic E-state index is 5.85. The highest BCUT2D eigenvalue weighted by atomic mass is 32.1. The summed E-state index contributed by atoms with van der Waals surface area (Å²) < 4.78 is 5.36. The first-order chi connectivity index (χ1) is 7.24. The Hall–Kier alpha value is -0.650. The SMILES string of the molecule is Cc1csc(NC2(CN)CCOCC2)n1. The number of nitrogens with zero attached hydrogens (tertiary/aromatic N) is 1. The standard InChI is InChI=1S/C10H17N3OS/c1-8-6-15-9(12-8)13-10(7-11)2-4-14-5-3-10/h6H,2-5,7,11H2,1H3,(H,12,13). The average Bonchev–Trinajstić information content (AvgIpc) is 2.65. The molecule has 1 aliphatic rings. The van der Waals surface area contributed by atoms with Gasteiger partial charge in [-0.15, -0.1) is 11.3 Å². The van der Waals surface area contributed by atoms with Gasteiger partial charge in [-0.3, -0.25) is 0 Å². The van der Waals surface area contributed by atoms with E-state index in [9.17, 15) is 0 Å². The van der Waals surface area contributed by atoms with Crippen LogP contribution in [-0.2, 0) is 4.74 Å². The second kappa shape index (κ2) is 4.47. The average molecular weight is 227 g/mol. The summed E-state index contributed by atoms with van der Waals surface area (Å²) in [7, 11) is 0. The van der Waals surface area contributed by atoms with E-state index in [1.165, 1.54) is 0 Å². The lowest BCUT2D eigenvalue weighted by molar-refractivity contribution is 0.0628. The molecule has 0 amide bonds. The molecule has 1 saturated heterocycles. The van der Waals surface area contributed by atoms with Crippen molar-refractivity contribution in [3.05, 3.63) is 11.1 Å². The van der Waals surface area contributed by atoms with Crippen molar-refractivity contribution in [1.82, 2.24) is 4.98 Å². The van der Waals surface area contributed by atoms with Gasteiger partial charge in [0.2, 0.25) is 0 Å². The van der Waals surface area contributed by atoms with Crippen molar-refractivity contribution < 1.29 is 4.74 Å². The molecule has 2 heterocycles. The molecular weight excluding hydrogens is 210 g/mol. The number of thiazole rings is 1. The molecule has 1 aromatic rings. The highest BCUT2D eigenvalue weighted by Crippen LogP contribution is 2.26. The van der Waals surface area contributed by atoms with E-state index in [-0.39, 0.29) is 5.54 Å². The maximum Gasteiger partial charge on any atom is 0.183 e. The molecule has 4 nitrogen and oxygen atoms in total. The summed E-state index contributed by atoms with van der Waals surface area (Å²) in [5.41, 5.74) is 6.90. The lowest BCUT2D eigenvalue weighted by atomic mass is 9.90. The Morgan fingerprint density at radius 1 is 1.60 bits per heavy atom. The Morgan fingerprint density at radius 3 is 2.87 bits per heavy atom. The van der Waals surface area contributed by atoms with Gasteiger partial charge >= 0.3 is 0 Å². The number of aryl methyl sites for hydroxylation is 1.